The molecule has 0 radical (unpaired) electrons. The van der Waals surface area contributed by atoms with Gasteiger partial charge in [-0.2, -0.15) is 0 Å². The molecule has 1 aliphatic carbocycles. The highest BCUT2D eigenvalue weighted by molar-refractivity contribution is 5.90. The Hall–Kier alpha value is -3.11. The summed E-state index contributed by atoms with van der Waals surface area (Å²) in [6, 6.07) is 20.3. The van der Waals surface area contributed by atoms with E-state index < -0.39 is 5.97 Å². The number of carboxylic acids is 1. The molecule has 0 unspecified atom stereocenters. The molecule has 3 aromatic carbocycles. The van der Waals surface area contributed by atoms with E-state index in [-0.39, 0.29) is 23.0 Å². The van der Waals surface area contributed by atoms with Crippen LogP contribution in [-0.4, -0.2) is 29.4 Å². The van der Waals surface area contributed by atoms with Crippen molar-refractivity contribution in [2.24, 2.45) is 0 Å². The Morgan fingerprint density at radius 3 is 2.23 bits per heavy atom. The third-order valence-corrected chi connectivity index (χ3v) is 7.40. The summed E-state index contributed by atoms with van der Waals surface area (Å²) in [5, 5.41) is 18.5. The lowest BCUT2D eigenvalue weighted by Gasteiger charge is -2.42. The van der Waals surface area contributed by atoms with Crippen molar-refractivity contribution in [3.63, 3.8) is 0 Å². The van der Waals surface area contributed by atoms with Gasteiger partial charge in [0.25, 0.3) is 0 Å². The maximum absolute atomic E-state index is 11.5. The van der Waals surface area contributed by atoms with Gasteiger partial charge in [0.2, 0.25) is 0 Å². The molecule has 0 heterocycles. The Kier molecular flexibility index (Phi) is 7.05. The number of unbranched alkanes of at least 4 members (excludes halogenated alkanes) is 1. The zero-order valence-electron chi connectivity index (χ0n) is 21.2. The van der Waals surface area contributed by atoms with Crippen LogP contribution < -0.4 is 4.74 Å². The number of aromatic carboxylic acids is 1. The zero-order chi connectivity index (χ0) is 25.2. The van der Waals surface area contributed by atoms with E-state index in [0.29, 0.717) is 25.2 Å². The lowest BCUT2D eigenvalue weighted by atomic mass is 9.63. The van der Waals surface area contributed by atoms with E-state index in [2.05, 4.69) is 58.0 Å². The summed E-state index contributed by atoms with van der Waals surface area (Å²) >= 11 is 0. The van der Waals surface area contributed by atoms with Crippen LogP contribution in [0.15, 0.2) is 60.7 Å². The molecule has 35 heavy (non-hydrogen) atoms. The molecule has 4 heteroatoms. The first-order chi connectivity index (χ1) is 16.6. The first-order valence-corrected chi connectivity index (χ1v) is 12.5. The van der Waals surface area contributed by atoms with Gasteiger partial charge in [-0.25, -0.2) is 4.79 Å². The van der Waals surface area contributed by atoms with Crippen molar-refractivity contribution in [2.45, 2.75) is 64.2 Å². The number of carboxylic acid groups (broad SMARTS) is 1. The maximum Gasteiger partial charge on any atom is 0.335 e. The molecule has 0 aromatic heterocycles. The smallest absolute Gasteiger partial charge is 0.335 e. The summed E-state index contributed by atoms with van der Waals surface area (Å²) in [5.74, 6) is -0.432. The highest BCUT2D eigenvalue weighted by atomic mass is 16.5. The van der Waals surface area contributed by atoms with Gasteiger partial charge in [0.15, 0.2) is 0 Å². The summed E-state index contributed by atoms with van der Waals surface area (Å²) < 4.78 is 5.98. The normalized spacial score (nSPS) is 15.9. The largest absolute Gasteiger partial charge is 0.493 e. The molecule has 0 saturated carbocycles. The molecule has 4 nitrogen and oxygen atoms in total. The second-order valence-electron chi connectivity index (χ2n) is 10.9. The van der Waals surface area contributed by atoms with Gasteiger partial charge in [0.1, 0.15) is 5.75 Å². The Balaban J connectivity index is 1.73. The minimum absolute atomic E-state index is 0.113. The molecule has 1 aliphatic rings. The molecule has 184 valence electrons. The first kappa shape index (κ1) is 25.0. The van der Waals surface area contributed by atoms with Gasteiger partial charge in [-0.3, -0.25) is 0 Å². The van der Waals surface area contributed by atoms with E-state index in [9.17, 15) is 9.90 Å². The van der Waals surface area contributed by atoms with E-state index in [4.69, 9.17) is 9.84 Å². The Labute approximate surface area is 208 Å². The minimum atomic E-state index is -0.981. The monoisotopic (exact) mass is 472 g/mol. The van der Waals surface area contributed by atoms with Crippen LogP contribution in [0.3, 0.4) is 0 Å². The molecular formula is C31H36O4. The first-order valence-electron chi connectivity index (χ1n) is 12.5. The Bertz CT molecular complexity index is 1220. The topological polar surface area (TPSA) is 66.8 Å². The highest BCUT2D eigenvalue weighted by Crippen LogP contribution is 2.47. The van der Waals surface area contributed by atoms with Gasteiger partial charge in [0.05, 0.1) is 12.2 Å². The number of fused-ring (bicyclic) bond motifs is 1. The number of rotatable bonds is 8. The lowest BCUT2D eigenvalue weighted by Crippen LogP contribution is -2.33. The van der Waals surface area contributed by atoms with Crippen LogP contribution in [0.1, 0.15) is 74.9 Å². The second-order valence-corrected chi connectivity index (χ2v) is 10.9. The summed E-state index contributed by atoms with van der Waals surface area (Å²) in [4.78, 5) is 11.5. The quantitative estimate of drug-likeness (QED) is 0.340. The molecule has 0 saturated heterocycles. The van der Waals surface area contributed by atoms with Crippen molar-refractivity contribution < 1.29 is 19.7 Å². The summed E-state index contributed by atoms with van der Waals surface area (Å²) in [6.07, 6.45) is 3.71. The molecule has 0 atom stereocenters. The number of aliphatic hydroxyl groups is 1. The number of hydrogen-bond donors (Lipinski definition) is 2. The fourth-order valence-corrected chi connectivity index (χ4v) is 5.04. The van der Waals surface area contributed by atoms with Gasteiger partial charge >= 0.3 is 5.97 Å². The maximum atomic E-state index is 11.5. The van der Waals surface area contributed by atoms with Crippen molar-refractivity contribution in [3.05, 3.63) is 77.4 Å². The highest BCUT2D eigenvalue weighted by Gasteiger charge is 2.37. The third-order valence-electron chi connectivity index (χ3n) is 7.40. The fourth-order valence-electron chi connectivity index (χ4n) is 5.04. The lowest BCUT2D eigenvalue weighted by molar-refractivity contribution is 0.0696. The van der Waals surface area contributed by atoms with Crippen LogP contribution in [0.5, 0.6) is 5.75 Å². The number of aliphatic hydroxyl groups excluding tert-OH is 1. The van der Waals surface area contributed by atoms with E-state index in [0.717, 1.165) is 16.7 Å². The molecule has 2 N–H and O–H groups in total. The van der Waals surface area contributed by atoms with Crippen molar-refractivity contribution >= 4 is 5.97 Å². The number of carbonyl (C=O) groups is 1. The molecule has 0 bridgehead atoms. The Morgan fingerprint density at radius 2 is 1.51 bits per heavy atom. The van der Waals surface area contributed by atoms with Gasteiger partial charge < -0.3 is 14.9 Å². The van der Waals surface area contributed by atoms with Gasteiger partial charge in [-0.1, -0.05) is 64.1 Å². The number of benzene rings is 3. The van der Waals surface area contributed by atoms with E-state index in [1.165, 1.54) is 29.5 Å². The van der Waals surface area contributed by atoms with Crippen LogP contribution in [0, 0.1) is 0 Å². The molecule has 0 amide bonds. The van der Waals surface area contributed by atoms with E-state index in [1.54, 1.807) is 12.1 Å². The van der Waals surface area contributed by atoms with E-state index in [1.807, 2.05) is 18.2 Å². The second kappa shape index (κ2) is 9.87. The summed E-state index contributed by atoms with van der Waals surface area (Å²) in [5.41, 5.74) is 7.53. The molecule has 3 aromatic rings. The Morgan fingerprint density at radius 1 is 0.829 bits per heavy atom. The van der Waals surface area contributed by atoms with Gasteiger partial charge in [-0.05, 0) is 88.6 Å². The number of ether oxygens (including phenoxy) is 1. The molecule has 0 fully saturated rings. The molecule has 0 spiro atoms. The SMILES string of the molecule is CC1(C)CCC(C)(C)c2cc(-c3cccc(-c4ccc(C(=O)O)cc4OCCCCO)c3)ccc21. The molecule has 4 rings (SSSR count). The van der Waals surface area contributed by atoms with Gasteiger partial charge in [-0.15, -0.1) is 0 Å². The van der Waals surface area contributed by atoms with E-state index >= 15 is 0 Å². The molecular weight excluding hydrogens is 436 g/mol. The van der Waals surface area contributed by atoms with Crippen LogP contribution in [0.2, 0.25) is 0 Å². The summed E-state index contributed by atoms with van der Waals surface area (Å²) in [7, 11) is 0. The van der Waals surface area contributed by atoms with Crippen LogP contribution >= 0.6 is 0 Å². The average molecular weight is 473 g/mol. The van der Waals surface area contributed by atoms with Crippen LogP contribution in [0.25, 0.3) is 22.3 Å². The number of hydrogen-bond acceptors (Lipinski definition) is 3. The van der Waals surface area contributed by atoms with Crippen molar-refractivity contribution in [2.75, 3.05) is 13.2 Å². The van der Waals surface area contributed by atoms with Gasteiger partial charge in [0, 0.05) is 12.2 Å². The fraction of sp³-hybridized carbons (Fsp3) is 0.387. The standard InChI is InChI=1S/C31H36O4/c1-30(2)14-15-31(3,4)27-19-22(11-13-26(27)30)21-8-7-9-23(18-21)25-12-10-24(29(33)34)20-28(25)35-17-6-5-16-32/h7-13,18-20,32H,5-6,14-17H2,1-4H3,(H,33,34). The molecule has 0 aliphatic heterocycles. The van der Waals surface area contributed by atoms with Crippen molar-refractivity contribution in [3.8, 4) is 28.0 Å². The predicted octanol–water partition coefficient (Wildman–Crippen LogP) is 7.22. The summed E-state index contributed by atoms with van der Waals surface area (Å²) in [6.45, 7) is 9.89. The third kappa shape index (κ3) is 5.28. The van der Waals surface area contributed by atoms with Crippen molar-refractivity contribution in [1.29, 1.82) is 0 Å². The minimum Gasteiger partial charge on any atom is -0.493 e. The van der Waals surface area contributed by atoms with Crippen LogP contribution in [0.4, 0.5) is 0 Å². The van der Waals surface area contributed by atoms with Crippen LogP contribution in [-0.2, 0) is 10.8 Å². The van der Waals surface area contributed by atoms with Crippen molar-refractivity contribution in [1.82, 2.24) is 0 Å². The zero-order valence-corrected chi connectivity index (χ0v) is 21.2. The average Bonchev–Trinajstić information content (AvgIpc) is 2.84. The predicted molar refractivity (Wildman–Crippen MR) is 141 cm³/mol.